The summed E-state index contributed by atoms with van der Waals surface area (Å²) in [5, 5.41) is 21.5. The minimum Gasteiger partial charge on any atom is -0.465 e. The van der Waals surface area contributed by atoms with Crippen molar-refractivity contribution in [3.63, 3.8) is 0 Å². The number of carboxylic acid groups (broad SMARTS) is 1. The van der Waals surface area contributed by atoms with E-state index < -0.39 is 12.5 Å². The molecule has 1 amide bonds. The van der Waals surface area contributed by atoms with Crippen molar-refractivity contribution in [1.29, 1.82) is 0 Å². The quantitative estimate of drug-likeness (QED) is 0.647. The minimum absolute atomic E-state index is 0.264. The number of anilines is 1. The van der Waals surface area contributed by atoms with E-state index in [9.17, 15) is 13.6 Å². The van der Waals surface area contributed by atoms with E-state index in [4.69, 9.17) is 5.11 Å². The SMILES string of the molecule is O=C(O)N1CCN(c2cc(Br)cc3c2cnn3-c2nnc(C(F)F)s2)CC1. The number of alkyl halides is 2. The highest BCUT2D eigenvalue weighted by Crippen LogP contribution is 2.34. The van der Waals surface area contributed by atoms with Gasteiger partial charge >= 0.3 is 6.09 Å². The number of nitrogens with zero attached hydrogens (tertiary/aromatic N) is 6. The number of rotatable bonds is 3. The van der Waals surface area contributed by atoms with Crippen LogP contribution < -0.4 is 4.90 Å². The number of hydrogen-bond acceptors (Lipinski definition) is 6. The Morgan fingerprint density at radius 2 is 1.96 bits per heavy atom. The zero-order valence-corrected chi connectivity index (χ0v) is 16.1. The Bertz CT molecular complexity index is 1000. The number of hydrogen-bond donors (Lipinski definition) is 1. The standard InChI is InChI=1S/C15H13BrF2N6O2S/c16-8-5-10(22-1-3-23(4-2-22)15(25)26)9-7-19-24(11(9)6-8)14-21-20-13(27-14)12(17)18/h5-7,12H,1-4H2,(H,25,26). The van der Waals surface area contributed by atoms with Crippen molar-refractivity contribution in [2.24, 2.45) is 0 Å². The smallest absolute Gasteiger partial charge is 0.407 e. The third-order valence-electron chi connectivity index (χ3n) is 4.32. The van der Waals surface area contributed by atoms with Crippen molar-refractivity contribution in [1.82, 2.24) is 24.9 Å². The predicted octanol–water partition coefficient (Wildman–Crippen LogP) is 3.38. The zero-order valence-electron chi connectivity index (χ0n) is 13.7. The zero-order chi connectivity index (χ0) is 19.1. The van der Waals surface area contributed by atoms with Crippen molar-refractivity contribution < 1.29 is 18.7 Å². The third kappa shape index (κ3) is 3.34. The van der Waals surface area contributed by atoms with E-state index >= 15 is 0 Å². The summed E-state index contributed by atoms with van der Waals surface area (Å²) in [7, 11) is 0. The van der Waals surface area contributed by atoms with Crippen LogP contribution >= 0.6 is 27.3 Å². The van der Waals surface area contributed by atoms with Crippen molar-refractivity contribution in [3.05, 3.63) is 27.8 Å². The summed E-state index contributed by atoms with van der Waals surface area (Å²) in [6.07, 6.45) is -1.94. The monoisotopic (exact) mass is 458 g/mol. The lowest BCUT2D eigenvalue weighted by Crippen LogP contribution is -2.48. The first-order chi connectivity index (χ1) is 12.9. The van der Waals surface area contributed by atoms with Crippen LogP contribution in [0, 0.1) is 0 Å². The van der Waals surface area contributed by atoms with Gasteiger partial charge in [0.1, 0.15) is 0 Å². The first-order valence-corrected chi connectivity index (χ1v) is 9.57. The third-order valence-corrected chi connectivity index (χ3v) is 5.68. The Morgan fingerprint density at radius 3 is 2.59 bits per heavy atom. The number of amides is 1. The predicted molar refractivity (Wildman–Crippen MR) is 99.0 cm³/mol. The summed E-state index contributed by atoms with van der Waals surface area (Å²) in [5.41, 5.74) is 1.60. The molecule has 1 saturated heterocycles. The Hall–Kier alpha value is -2.34. The maximum atomic E-state index is 12.8. The molecular weight excluding hydrogens is 446 g/mol. The van der Waals surface area contributed by atoms with E-state index in [1.165, 1.54) is 9.58 Å². The summed E-state index contributed by atoms with van der Waals surface area (Å²) < 4.78 is 27.9. The average Bonchev–Trinajstić information content (AvgIpc) is 3.27. The molecule has 12 heteroatoms. The van der Waals surface area contributed by atoms with Crippen LogP contribution in [0.15, 0.2) is 22.8 Å². The van der Waals surface area contributed by atoms with Crippen LogP contribution in [0.25, 0.3) is 16.0 Å². The van der Waals surface area contributed by atoms with Crippen LogP contribution in [0.3, 0.4) is 0 Å². The number of carbonyl (C=O) groups is 1. The Labute approximate surface area is 164 Å². The van der Waals surface area contributed by atoms with Gasteiger partial charge in [0.15, 0.2) is 5.01 Å². The summed E-state index contributed by atoms with van der Waals surface area (Å²) in [6.45, 7) is 1.92. The van der Waals surface area contributed by atoms with Gasteiger partial charge in [-0.05, 0) is 12.1 Å². The van der Waals surface area contributed by atoms with E-state index in [2.05, 4.69) is 36.1 Å². The summed E-state index contributed by atoms with van der Waals surface area (Å²) in [5.74, 6) is 0. The lowest BCUT2D eigenvalue weighted by atomic mass is 10.2. The molecular formula is C15H13BrF2N6O2S. The second kappa shape index (κ2) is 7.00. The van der Waals surface area contributed by atoms with Gasteiger partial charge in [-0.1, -0.05) is 27.3 Å². The van der Waals surface area contributed by atoms with Crippen LogP contribution in [0.5, 0.6) is 0 Å². The van der Waals surface area contributed by atoms with E-state index in [0.717, 1.165) is 26.9 Å². The molecule has 1 N–H and O–H groups in total. The van der Waals surface area contributed by atoms with Gasteiger partial charge in [0, 0.05) is 41.7 Å². The molecule has 27 heavy (non-hydrogen) atoms. The normalized spacial score (nSPS) is 15.1. The van der Waals surface area contributed by atoms with E-state index in [1.54, 1.807) is 6.20 Å². The molecule has 1 fully saturated rings. The lowest BCUT2D eigenvalue weighted by molar-refractivity contribution is 0.142. The minimum atomic E-state index is -2.68. The molecule has 8 nitrogen and oxygen atoms in total. The number of halogens is 3. The average molecular weight is 459 g/mol. The van der Waals surface area contributed by atoms with E-state index in [-0.39, 0.29) is 10.1 Å². The molecule has 0 saturated carbocycles. The molecule has 0 radical (unpaired) electrons. The summed E-state index contributed by atoms with van der Waals surface area (Å²) >= 11 is 4.27. The van der Waals surface area contributed by atoms with Gasteiger partial charge in [-0.15, -0.1) is 10.2 Å². The van der Waals surface area contributed by atoms with Gasteiger partial charge in [0.2, 0.25) is 5.13 Å². The molecule has 0 atom stereocenters. The van der Waals surface area contributed by atoms with Crippen LogP contribution in [-0.4, -0.2) is 62.3 Å². The molecule has 0 aliphatic carbocycles. The van der Waals surface area contributed by atoms with Gasteiger partial charge in [0.05, 0.1) is 11.7 Å². The van der Waals surface area contributed by atoms with Crippen molar-refractivity contribution in [2.75, 3.05) is 31.1 Å². The lowest BCUT2D eigenvalue weighted by Gasteiger charge is -2.35. The van der Waals surface area contributed by atoms with E-state index in [1.807, 2.05) is 12.1 Å². The van der Waals surface area contributed by atoms with Crippen LogP contribution in [-0.2, 0) is 0 Å². The first kappa shape index (κ1) is 18.0. The van der Waals surface area contributed by atoms with Crippen molar-refractivity contribution in [2.45, 2.75) is 6.43 Å². The first-order valence-electron chi connectivity index (χ1n) is 7.96. The number of fused-ring (bicyclic) bond motifs is 1. The molecule has 1 aliphatic rings. The molecule has 142 valence electrons. The highest BCUT2D eigenvalue weighted by atomic mass is 79.9. The Morgan fingerprint density at radius 1 is 1.22 bits per heavy atom. The molecule has 2 aromatic heterocycles. The fourth-order valence-electron chi connectivity index (χ4n) is 3.03. The van der Waals surface area contributed by atoms with E-state index in [0.29, 0.717) is 31.7 Å². The number of piperazine rings is 1. The number of benzene rings is 1. The summed E-state index contributed by atoms with van der Waals surface area (Å²) in [4.78, 5) is 14.6. The molecule has 0 unspecified atom stereocenters. The van der Waals surface area contributed by atoms with Gasteiger partial charge in [0.25, 0.3) is 6.43 Å². The highest BCUT2D eigenvalue weighted by molar-refractivity contribution is 9.10. The van der Waals surface area contributed by atoms with Crippen LogP contribution in [0.2, 0.25) is 0 Å². The number of aromatic nitrogens is 4. The Kier molecular flexibility index (Phi) is 4.68. The van der Waals surface area contributed by atoms with Crippen molar-refractivity contribution >= 4 is 50.0 Å². The molecule has 3 aromatic rings. The summed E-state index contributed by atoms with van der Waals surface area (Å²) in [6, 6.07) is 3.78. The second-order valence-corrected chi connectivity index (χ2v) is 7.80. The highest BCUT2D eigenvalue weighted by Gasteiger charge is 2.24. The fraction of sp³-hybridized carbons (Fsp3) is 0.333. The maximum absolute atomic E-state index is 12.8. The Balaban J connectivity index is 1.71. The van der Waals surface area contributed by atoms with Crippen LogP contribution in [0.1, 0.15) is 11.4 Å². The molecule has 4 rings (SSSR count). The van der Waals surface area contributed by atoms with Gasteiger partial charge < -0.3 is 14.9 Å². The van der Waals surface area contributed by atoms with Gasteiger partial charge in [-0.3, -0.25) is 0 Å². The van der Waals surface area contributed by atoms with Gasteiger partial charge in [-0.25, -0.2) is 18.3 Å². The second-order valence-electron chi connectivity index (χ2n) is 5.89. The van der Waals surface area contributed by atoms with Gasteiger partial charge in [-0.2, -0.15) is 5.10 Å². The molecule has 1 aromatic carbocycles. The molecule has 3 heterocycles. The molecule has 1 aliphatic heterocycles. The fourth-order valence-corrected chi connectivity index (χ4v) is 4.13. The van der Waals surface area contributed by atoms with Crippen molar-refractivity contribution in [3.8, 4) is 5.13 Å². The largest absolute Gasteiger partial charge is 0.465 e. The van der Waals surface area contributed by atoms with Crippen LogP contribution in [0.4, 0.5) is 19.3 Å². The topological polar surface area (TPSA) is 87.4 Å². The maximum Gasteiger partial charge on any atom is 0.407 e. The molecule has 0 bridgehead atoms. The molecule has 0 spiro atoms.